The second-order valence-corrected chi connectivity index (χ2v) is 10.2. The van der Waals surface area contributed by atoms with Crippen LogP contribution in [0.5, 0.6) is 0 Å². The first-order valence-corrected chi connectivity index (χ1v) is 12.7. The van der Waals surface area contributed by atoms with Crippen LogP contribution in [0.2, 0.25) is 10.0 Å². The Bertz CT molecular complexity index is 1560. The molecular formula is C23H15Cl3N4O5S. The normalized spacial score (nSPS) is 13.8. The molecule has 4 rings (SSSR count). The van der Waals surface area contributed by atoms with Crippen LogP contribution in [0.3, 0.4) is 0 Å². The van der Waals surface area contributed by atoms with Crippen molar-refractivity contribution in [2.45, 2.75) is 4.90 Å². The molecule has 0 atom stereocenters. The fraction of sp³-hybridized carbons (Fsp3) is 0. The number of hydrogen-bond acceptors (Lipinski definition) is 6. The van der Waals surface area contributed by atoms with Crippen LogP contribution < -0.4 is 20.7 Å². The van der Waals surface area contributed by atoms with Crippen molar-refractivity contribution in [3.63, 3.8) is 0 Å². The highest BCUT2D eigenvalue weighted by Crippen LogP contribution is 2.35. The zero-order valence-electron chi connectivity index (χ0n) is 18.0. The highest BCUT2D eigenvalue weighted by molar-refractivity contribution is 7.89. The SMILES string of the molecule is NS(=O)(=O)c1ccc(NC(=O)c2cccc(NC3=C(Cl)C(=O)N(c4ccc(Cl)cc4Cl)C3=O)c2)cc1. The van der Waals surface area contributed by atoms with Crippen molar-refractivity contribution < 1.29 is 22.8 Å². The Morgan fingerprint density at radius 3 is 2.19 bits per heavy atom. The van der Waals surface area contributed by atoms with Gasteiger partial charge in [0.1, 0.15) is 10.7 Å². The topological polar surface area (TPSA) is 139 Å². The lowest BCUT2D eigenvalue weighted by atomic mass is 10.1. The van der Waals surface area contributed by atoms with Gasteiger partial charge in [-0.15, -0.1) is 0 Å². The van der Waals surface area contributed by atoms with E-state index in [0.717, 1.165) is 4.90 Å². The standard InChI is InChI=1S/C23H15Cl3N4O5S/c24-13-4-9-18(17(25)11-13)30-22(32)19(26)20(23(30)33)28-15-3-1-2-12(10-15)21(31)29-14-5-7-16(8-6-14)36(27,34)35/h1-11,28H,(H,29,31)(H2,27,34,35). The highest BCUT2D eigenvalue weighted by atomic mass is 35.5. The van der Waals surface area contributed by atoms with Crippen molar-refractivity contribution in [2.24, 2.45) is 5.14 Å². The van der Waals surface area contributed by atoms with Crippen LogP contribution in [0.25, 0.3) is 0 Å². The largest absolute Gasteiger partial charge is 0.350 e. The fourth-order valence-corrected chi connectivity index (χ4v) is 4.53. The van der Waals surface area contributed by atoms with Gasteiger partial charge in [0.15, 0.2) is 0 Å². The van der Waals surface area contributed by atoms with Crippen molar-refractivity contribution in [1.82, 2.24) is 0 Å². The van der Waals surface area contributed by atoms with Gasteiger partial charge in [-0.2, -0.15) is 0 Å². The van der Waals surface area contributed by atoms with Gasteiger partial charge in [0.2, 0.25) is 10.0 Å². The number of nitrogens with one attached hydrogen (secondary N) is 2. The molecule has 3 aromatic rings. The van der Waals surface area contributed by atoms with E-state index in [1.807, 2.05) is 0 Å². The summed E-state index contributed by atoms with van der Waals surface area (Å²) in [5, 5.41) is 10.6. The molecule has 184 valence electrons. The van der Waals surface area contributed by atoms with E-state index in [0.29, 0.717) is 16.4 Å². The lowest BCUT2D eigenvalue weighted by Gasteiger charge is -2.16. The number of nitrogens with two attached hydrogens (primary N) is 1. The number of sulfonamides is 1. The number of carbonyl (C=O) groups is 3. The number of imide groups is 1. The molecule has 0 aliphatic carbocycles. The van der Waals surface area contributed by atoms with E-state index < -0.39 is 27.7 Å². The van der Waals surface area contributed by atoms with Crippen molar-refractivity contribution in [2.75, 3.05) is 15.5 Å². The van der Waals surface area contributed by atoms with E-state index in [1.165, 1.54) is 54.6 Å². The van der Waals surface area contributed by atoms with Gasteiger partial charge in [-0.05, 0) is 60.7 Å². The van der Waals surface area contributed by atoms with Gasteiger partial charge in [0, 0.05) is 22.0 Å². The third-order valence-corrected chi connectivity index (χ3v) is 6.83. The van der Waals surface area contributed by atoms with E-state index in [4.69, 9.17) is 39.9 Å². The quantitative estimate of drug-likeness (QED) is 0.380. The summed E-state index contributed by atoms with van der Waals surface area (Å²) in [6, 6.07) is 15.7. The van der Waals surface area contributed by atoms with E-state index in [9.17, 15) is 22.8 Å². The average molecular weight is 566 g/mol. The molecule has 0 saturated carbocycles. The number of hydrogen-bond donors (Lipinski definition) is 3. The first kappa shape index (κ1) is 25.7. The van der Waals surface area contributed by atoms with E-state index >= 15 is 0 Å². The molecule has 0 spiro atoms. The Balaban J connectivity index is 1.52. The van der Waals surface area contributed by atoms with Gasteiger partial charge in [0.05, 0.1) is 15.6 Å². The Morgan fingerprint density at radius 1 is 0.861 bits per heavy atom. The molecule has 1 aliphatic heterocycles. The summed E-state index contributed by atoms with van der Waals surface area (Å²) >= 11 is 18.2. The molecule has 0 aromatic heterocycles. The Hall–Kier alpha value is -3.41. The third-order valence-electron chi connectivity index (χ3n) is 5.01. The van der Waals surface area contributed by atoms with Crippen LogP contribution in [-0.4, -0.2) is 26.1 Å². The lowest BCUT2D eigenvalue weighted by molar-refractivity contribution is -0.120. The molecular weight excluding hydrogens is 551 g/mol. The maximum Gasteiger partial charge on any atom is 0.283 e. The molecule has 3 aromatic carbocycles. The summed E-state index contributed by atoms with van der Waals surface area (Å²) in [5.41, 5.74) is 0.784. The predicted octanol–water partition coefficient (Wildman–Crippen LogP) is 4.33. The number of halogens is 3. The molecule has 0 fully saturated rings. The summed E-state index contributed by atoms with van der Waals surface area (Å²) in [4.78, 5) is 39.1. The molecule has 1 aliphatic rings. The Morgan fingerprint density at radius 2 is 1.56 bits per heavy atom. The minimum absolute atomic E-state index is 0.0886. The Kier molecular flexibility index (Phi) is 7.07. The number of anilines is 3. The second-order valence-electron chi connectivity index (χ2n) is 7.46. The number of rotatable bonds is 6. The molecule has 36 heavy (non-hydrogen) atoms. The smallest absolute Gasteiger partial charge is 0.283 e. The highest BCUT2D eigenvalue weighted by Gasteiger charge is 2.39. The molecule has 4 N–H and O–H groups in total. The fourth-order valence-electron chi connectivity index (χ4n) is 3.31. The number of amides is 3. The molecule has 13 heteroatoms. The average Bonchev–Trinajstić information content (AvgIpc) is 3.02. The maximum atomic E-state index is 13.0. The predicted molar refractivity (Wildman–Crippen MR) is 138 cm³/mol. The lowest BCUT2D eigenvalue weighted by Crippen LogP contribution is -2.32. The van der Waals surface area contributed by atoms with Gasteiger partial charge >= 0.3 is 0 Å². The minimum Gasteiger partial charge on any atom is -0.350 e. The number of primary sulfonamides is 1. The van der Waals surface area contributed by atoms with Crippen molar-refractivity contribution in [1.29, 1.82) is 0 Å². The summed E-state index contributed by atoms with van der Waals surface area (Å²) in [6.45, 7) is 0. The van der Waals surface area contributed by atoms with E-state index in [1.54, 1.807) is 12.1 Å². The van der Waals surface area contributed by atoms with Crippen LogP contribution in [0.15, 0.2) is 82.4 Å². The zero-order chi connectivity index (χ0) is 26.2. The molecule has 0 bridgehead atoms. The van der Waals surface area contributed by atoms with Gasteiger partial charge < -0.3 is 10.6 Å². The van der Waals surface area contributed by atoms with Crippen LogP contribution in [0, 0.1) is 0 Å². The molecule has 1 heterocycles. The second kappa shape index (κ2) is 9.92. The third kappa shape index (κ3) is 5.23. The van der Waals surface area contributed by atoms with Crippen LogP contribution in [0.1, 0.15) is 10.4 Å². The summed E-state index contributed by atoms with van der Waals surface area (Å²) in [5.74, 6) is -2.02. The number of benzene rings is 3. The van der Waals surface area contributed by atoms with Crippen LogP contribution >= 0.6 is 34.8 Å². The van der Waals surface area contributed by atoms with E-state index in [2.05, 4.69) is 10.6 Å². The monoisotopic (exact) mass is 564 g/mol. The zero-order valence-corrected chi connectivity index (χ0v) is 21.0. The summed E-state index contributed by atoms with van der Waals surface area (Å²) in [7, 11) is -3.86. The van der Waals surface area contributed by atoms with Gasteiger partial charge in [-0.1, -0.05) is 40.9 Å². The van der Waals surface area contributed by atoms with Crippen molar-refractivity contribution in [3.05, 3.63) is 93.1 Å². The van der Waals surface area contributed by atoms with Crippen molar-refractivity contribution >= 4 is 79.6 Å². The van der Waals surface area contributed by atoms with Crippen LogP contribution in [0.4, 0.5) is 17.1 Å². The Labute approximate surface area is 220 Å². The summed E-state index contributed by atoms with van der Waals surface area (Å²) in [6.07, 6.45) is 0. The molecule has 0 unspecified atom stereocenters. The molecule has 3 amide bonds. The van der Waals surface area contributed by atoms with Gasteiger partial charge in [0.25, 0.3) is 17.7 Å². The molecule has 0 radical (unpaired) electrons. The number of nitrogens with zero attached hydrogens (tertiary/aromatic N) is 1. The van der Waals surface area contributed by atoms with Gasteiger partial charge in [-0.3, -0.25) is 14.4 Å². The van der Waals surface area contributed by atoms with Crippen LogP contribution in [-0.2, 0) is 19.6 Å². The summed E-state index contributed by atoms with van der Waals surface area (Å²) < 4.78 is 22.8. The first-order valence-electron chi connectivity index (χ1n) is 10.0. The molecule has 9 nitrogen and oxygen atoms in total. The van der Waals surface area contributed by atoms with E-state index in [-0.39, 0.29) is 31.9 Å². The first-order chi connectivity index (χ1) is 17.0. The number of carbonyl (C=O) groups excluding carboxylic acids is 3. The molecule has 0 saturated heterocycles. The van der Waals surface area contributed by atoms with Crippen molar-refractivity contribution in [3.8, 4) is 0 Å². The maximum absolute atomic E-state index is 13.0. The van der Waals surface area contributed by atoms with Gasteiger partial charge in [-0.25, -0.2) is 18.5 Å². The minimum atomic E-state index is -3.86.